The minimum absolute atomic E-state index is 0.0585. The number of nitrogens with zero attached hydrogens (tertiary/aromatic N) is 1. The van der Waals surface area contributed by atoms with Crippen molar-refractivity contribution in [1.29, 1.82) is 0 Å². The summed E-state index contributed by atoms with van der Waals surface area (Å²) in [4.78, 5) is 12.7. The zero-order valence-electron chi connectivity index (χ0n) is 17.2. The summed E-state index contributed by atoms with van der Waals surface area (Å²) >= 11 is 0. The van der Waals surface area contributed by atoms with E-state index in [1.165, 1.54) is 28.6 Å². The van der Waals surface area contributed by atoms with Crippen LogP contribution in [0.5, 0.6) is 5.75 Å². The van der Waals surface area contributed by atoms with Crippen LogP contribution in [-0.4, -0.2) is 43.9 Å². The number of carbonyl (C=O) groups is 1. The van der Waals surface area contributed by atoms with Crippen LogP contribution < -0.4 is 10.1 Å². The largest absolute Gasteiger partial charge is 0.488 e. The third-order valence-electron chi connectivity index (χ3n) is 5.15. The summed E-state index contributed by atoms with van der Waals surface area (Å²) in [7, 11) is -3.66. The number of halogens is 1. The van der Waals surface area contributed by atoms with Crippen LogP contribution in [0.3, 0.4) is 0 Å². The Kier molecular flexibility index (Phi) is 7.10. The molecule has 0 bridgehead atoms. The van der Waals surface area contributed by atoms with Gasteiger partial charge in [-0.1, -0.05) is 24.6 Å². The number of hydrogen-bond acceptors (Lipinski definition) is 4. The Balaban J connectivity index is 1.66. The lowest BCUT2D eigenvalue weighted by atomic mass is 10.1. The fraction of sp³-hybridized carbons (Fsp3) is 0.409. The van der Waals surface area contributed by atoms with E-state index in [2.05, 4.69) is 5.32 Å². The van der Waals surface area contributed by atoms with Crippen LogP contribution >= 0.6 is 0 Å². The predicted octanol–water partition coefficient (Wildman–Crippen LogP) is 3.59. The van der Waals surface area contributed by atoms with Gasteiger partial charge in [0.25, 0.3) is 5.91 Å². The van der Waals surface area contributed by atoms with E-state index in [0.29, 0.717) is 6.54 Å². The molecule has 1 heterocycles. The van der Waals surface area contributed by atoms with Crippen molar-refractivity contribution in [2.75, 3.05) is 13.2 Å². The van der Waals surface area contributed by atoms with Crippen LogP contribution in [0.1, 0.15) is 43.5 Å². The van der Waals surface area contributed by atoms with E-state index in [1.54, 1.807) is 31.2 Å². The second-order valence-electron chi connectivity index (χ2n) is 7.60. The van der Waals surface area contributed by atoms with E-state index in [1.807, 2.05) is 6.92 Å². The highest BCUT2D eigenvalue weighted by molar-refractivity contribution is 7.89. The van der Waals surface area contributed by atoms with Crippen molar-refractivity contribution in [3.8, 4) is 5.75 Å². The highest BCUT2D eigenvalue weighted by Gasteiger charge is 2.31. The molecule has 1 saturated heterocycles. The number of sulfonamides is 1. The van der Waals surface area contributed by atoms with Gasteiger partial charge in [0.2, 0.25) is 10.0 Å². The molecule has 0 aromatic heterocycles. The van der Waals surface area contributed by atoms with Crippen LogP contribution in [0.2, 0.25) is 0 Å². The summed E-state index contributed by atoms with van der Waals surface area (Å²) < 4.78 is 46.6. The van der Waals surface area contributed by atoms with E-state index < -0.39 is 27.8 Å². The summed E-state index contributed by atoms with van der Waals surface area (Å²) in [6.45, 7) is 4.21. The van der Waals surface area contributed by atoms with Crippen LogP contribution in [0, 0.1) is 5.82 Å². The number of piperidine rings is 1. The molecule has 0 spiro atoms. The molecule has 2 aromatic rings. The van der Waals surface area contributed by atoms with E-state index in [-0.39, 0.29) is 28.9 Å². The summed E-state index contributed by atoms with van der Waals surface area (Å²) in [5.74, 6) is -0.772. The normalized spacial score (nSPS) is 18.6. The van der Waals surface area contributed by atoms with Gasteiger partial charge in [-0.05, 0) is 57.0 Å². The van der Waals surface area contributed by atoms with Gasteiger partial charge >= 0.3 is 0 Å². The van der Waals surface area contributed by atoms with Crippen molar-refractivity contribution in [3.05, 3.63) is 59.9 Å². The van der Waals surface area contributed by atoms with Gasteiger partial charge in [0.05, 0.1) is 10.9 Å². The summed E-state index contributed by atoms with van der Waals surface area (Å²) in [6.07, 6.45) is 2.69. The molecule has 162 valence electrons. The third-order valence-corrected chi connectivity index (χ3v) is 7.16. The van der Waals surface area contributed by atoms with Gasteiger partial charge in [-0.2, -0.15) is 4.31 Å². The molecule has 0 radical (unpaired) electrons. The average molecular weight is 435 g/mol. The van der Waals surface area contributed by atoms with Gasteiger partial charge in [0, 0.05) is 18.2 Å². The third kappa shape index (κ3) is 5.17. The second-order valence-corrected chi connectivity index (χ2v) is 9.49. The van der Waals surface area contributed by atoms with E-state index in [4.69, 9.17) is 4.74 Å². The molecule has 8 heteroatoms. The van der Waals surface area contributed by atoms with Crippen molar-refractivity contribution < 1.29 is 22.3 Å². The Hall–Kier alpha value is -2.45. The molecule has 1 aliphatic rings. The monoisotopic (exact) mass is 434 g/mol. The molecule has 2 atom stereocenters. The number of carbonyl (C=O) groups excluding carboxylic acids is 1. The molecule has 6 nitrogen and oxygen atoms in total. The molecule has 1 N–H and O–H groups in total. The quantitative estimate of drug-likeness (QED) is 0.723. The van der Waals surface area contributed by atoms with Gasteiger partial charge in [0.15, 0.2) is 11.6 Å². The standard InChI is InChI=1S/C22H27FN2O4S/c1-16(15-29-21-12-4-3-11-20(21)23)24-22(26)18-9-7-10-19(14-18)30(27,28)25-13-6-5-8-17(25)2/h3-4,7,9-12,14,16-17H,5-6,8,13,15H2,1-2H3,(H,24,26). The van der Waals surface area contributed by atoms with Gasteiger partial charge in [-0.15, -0.1) is 0 Å². The minimum Gasteiger partial charge on any atom is -0.488 e. The van der Waals surface area contributed by atoms with Crippen LogP contribution in [0.15, 0.2) is 53.4 Å². The Labute approximate surface area is 177 Å². The molecular formula is C22H27FN2O4S. The van der Waals surface area contributed by atoms with Gasteiger partial charge < -0.3 is 10.1 Å². The van der Waals surface area contributed by atoms with Gasteiger partial charge in [-0.3, -0.25) is 4.79 Å². The second kappa shape index (κ2) is 9.57. The Morgan fingerprint density at radius 1 is 1.23 bits per heavy atom. The van der Waals surface area contributed by atoms with Crippen molar-refractivity contribution in [2.24, 2.45) is 0 Å². The minimum atomic E-state index is -3.66. The lowest BCUT2D eigenvalue weighted by Gasteiger charge is -2.32. The number of nitrogens with one attached hydrogen (secondary N) is 1. The first-order valence-electron chi connectivity index (χ1n) is 10.1. The number of ether oxygens (including phenoxy) is 1. The first kappa shape index (κ1) is 22.2. The van der Waals surface area contributed by atoms with Crippen molar-refractivity contribution in [1.82, 2.24) is 9.62 Å². The Bertz CT molecular complexity index is 996. The van der Waals surface area contributed by atoms with Crippen LogP contribution in [0.25, 0.3) is 0 Å². The smallest absolute Gasteiger partial charge is 0.251 e. The molecule has 2 unspecified atom stereocenters. The zero-order valence-corrected chi connectivity index (χ0v) is 18.0. The fourth-order valence-corrected chi connectivity index (χ4v) is 5.23. The van der Waals surface area contributed by atoms with E-state index in [9.17, 15) is 17.6 Å². The maximum Gasteiger partial charge on any atom is 0.251 e. The van der Waals surface area contributed by atoms with Crippen molar-refractivity contribution in [3.63, 3.8) is 0 Å². The SMILES string of the molecule is CC(COc1ccccc1F)NC(=O)c1cccc(S(=O)(=O)N2CCCCC2C)c1. The van der Waals surface area contributed by atoms with E-state index >= 15 is 0 Å². The average Bonchev–Trinajstić information content (AvgIpc) is 2.73. The molecule has 0 saturated carbocycles. The molecular weight excluding hydrogens is 407 g/mol. The lowest BCUT2D eigenvalue weighted by Crippen LogP contribution is -2.42. The molecule has 0 aliphatic carbocycles. The Morgan fingerprint density at radius 2 is 2.00 bits per heavy atom. The van der Waals surface area contributed by atoms with Crippen molar-refractivity contribution >= 4 is 15.9 Å². The maximum absolute atomic E-state index is 13.6. The van der Waals surface area contributed by atoms with Crippen LogP contribution in [-0.2, 0) is 10.0 Å². The molecule has 1 amide bonds. The fourth-order valence-electron chi connectivity index (χ4n) is 3.49. The number of rotatable bonds is 7. The van der Waals surface area contributed by atoms with Crippen LogP contribution in [0.4, 0.5) is 4.39 Å². The lowest BCUT2D eigenvalue weighted by molar-refractivity contribution is 0.0926. The maximum atomic E-state index is 13.6. The summed E-state index contributed by atoms with van der Waals surface area (Å²) in [5, 5.41) is 2.76. The topological polar surface area (TPSA) is 75.7 Å². The molecule has 1 fully saturated rings. The van der Waals surface area contributed by atoms with Crippen molar-refractivity contribution in [2.45, 2.75) is 50.1 Å². The summed E-state index contributed by atoms with van der Waals surface area (Å²) in [5.41, 5.74) is 0.249. The molecule has 3 rings (SSSR count). The first-order chi connectivity index (χ1) is 14.3. The summed E-state index contributed by atoms with van der Waals surface area (Å²) in [6, 6.07) is 11.6. The number of hydrogen-bond donors (Lipinski definition) is 1. The molecule has 2 aromatic carbocycles. The highest BCUT2D eigenvalue weighted by Crippen LogP contribution is 2.25. The number of para-hydroxylation sites is 1. The number of benzene rings is 2. The van der Waals surface area contributed by atoms with E-state index in [0.717, 1.165) is 19.3 Å². The first-order valence-corrected chi connectivity index (χ1v) is 11.5. The van der Waals surface area contributed by atoms with Gasteiger partial charge in [0.1, 0.15) is 6.61 Å². The molecule has 1 aliphatic heterocycles. The highest BCUT2D eigenvalue weighted by atomic mass is 32.2. The Morgan fingerprint density at radius 3 is 2.73 bits per heavy atom. The van der Waals surface area contributed by atoms with Gasteiger partial charge in [-0.25, -0.2) is 12.8 Å². The number of amides is 1. The predicted molar refractivity (Wildman–Crippen MR) is 112 cm³/mol. The molecule has 30 heavy (non-hydrogen) atoms. The zero-order chi connectivity index (χ0) is 21.7.